The molecule has 3 atom stereocenters. The number of rotatable bonds is 6. The number of halogens is 3. The van der Waals surface area contributed by atoms with Crippen LogP contribution in [0.5, 0.6) is 0 Å². The van der Waals surface area contributed by atoms with Crippen LogP contribution in [0.15, 0.2) is 0 Å². The third kappa shape index (κ3) is 5.24. The molecule has 5 heteroatoms. The molecular weight excluding hydrogens is 267 g/mol. The van der Waals surface area contributed by atoms with Crippen LogP contribution in [0.25, 0.3) is 0 Å². The summed E-state index contributed by atoms with van der Waals surface area (Å²) in [6.45, 7) is 6.42. The van der Waals surface area contributed by atoms with E-state index >= 15 is 0 Å². The largest absolute Gasteiger partial charge is 0.391 e. The van der Waals surface area contributed by atoms with Gasteiger partial charge in [-0.25, -0.2) is 0 Å². The Balaban J connectivity index is 2.55. The van der Waals surface area contributed by atoms with E-state index in [0.29, 0.717) is 5.92 Å². The first-order valence-corrected chi connectivity index (χ1v) is 7.55. The first kappa shape index (κ1) is 17.8. The second-order valence-electron chi connectivity index (χ2n) is 6.52. The molecule has 0 amide bonds. The minimum absolute atomic E-state index is 0.105. The zero-order chi connectivity index (χ0) is 15.4. The van der Waals surface area contributed by atoms with Gasteiger partial charge >= 0.3 is 6.18 Å². The van der Waals surface area contributed by atoms with Gasteiger partial charge in [-0.2, -0.15) is 13.2 Å². The number of nitrogens with one attached hydrogen (secondary N) is 1. The van der Waals surface area contributed by atoms with Crippen molar-refractivity contribution in [2.24, 2.45) is 11.3 Å². The van der Waals surface area contributed by atoms with Crippen LogP contribution in [0.4, 0.5) is 13.2 Å². The third-order valence-corrected chi connectivity index (χ3v) is 4.90. The molecule has 1 rings (SSSR count). The molecule has 2 nitrogen and oxygen atoms in total. The Labute approximate surface area is 120 Å². The van der Waals surface area contributed by atoms with E-state index in [1.807, 2.05) is 7.05 Å². The maximum absolute atomic E-state index is 12.2. The lowest BCUT2D eigenvalue weighted by Crippen LogP contribution is -2.46. The smallest absolute Gasteiger partial charge is 0.376 e. The van der Waals surface area contributed by atoms with Gasteiger partial charge < -0.3 is 10.1 Å². The molecule has 0 saturated heterocycles. The predicted molar refractivity (Wildman–Crippen MR) is 74.7 cm³/mol. The molecule has 20 heavy (non-hydrogen) atoms. The van der Waals surface area contributed by atoms with Crippen molar-refractivity contribution in [3.8, 4) is 0 Å². The molecule has 0 heterocycles. The number of likely N-dealkylation sites (N-methyl/N-ethyl adjacent to an activating group) is 1. The summed E-state index contributed by atoms with van der Waals surface area (Å²) in [6, 6.07) is 0.173. The average molecular weight is 295 g/mol. The number of alkyl halides is 3. The first-order valence-electron chi connectivity index (χ1n) is 7.55. The summed E-state index contributed by atoms with van der Waals surface area (Å²) in [5.41, 5.74) is 0.227. The Morgan fingerprint density at radius 1 is 1.20 bits per heavy atom. The van der Waals surface area contributed by atoms with E-state index in [2.05, 4.69) is 26.1 Å². The van der Waals surface area contributed by atoms with Crippen molar-refractivity contribution in [1.29, 1.82) is 0 Å². The van der Waals surface area contributed by atoms with Crippen LogP contribution >= 0.6 is 0 Å². The maximum atomic E-state index is 12.2. The third-order valence-electron chi connectivity index (χ3n) is 4.90. The topological polar surface area (TPSA) is 21.3 Å². The SMILES string of the molecule is CCC(C)(C)C1CCC(NC)C(OCCC(F)(F)F)C1. The van der Waals surface area contributed by atoms with Gasteiger partial charge in [0.25, 0.3) is 0 Å². The lowest BCUT2D eigenvalue weighted by atomic mass is 9.68. The van der Waals surface area contributed by atoms with Crippen molar-refractivity contribution in [2.75, 3.05) is 13.7 Å². The minimum Gasteiger partial charge on any atom is -0.376 e. The Morgan fingerprint density at radius 2 is 1.85 bits per heavy atom. The lowest BCUT2D eigenvalue weighted by Gasteiger charge is -2.43. The van der Waals surface area contributed by atoms with Crippen LogP contribution in [0.2, 0.25) is 0 Å². The molecule has 0 radical (unpaired) electrons. The van der Waals surface area contributed by atoms with Crippen LogP contribution in [-0.2, 0) is 4.74 Å². The second kappa shape index (κ2) is 7.12. The Bertz CT molecular complexity index is 291. The summed E-state index contributed by atoms with van der Waals surface area (Å²) in [4.78, 5) is 0. The van der Waals surface area contributed by atoms with Crippen molar-refractivity contribution in [3.63, 3.8) is 0 Å². The highest BCUT2D eigenvalue weighted by molar-refractivity contribution is 4.90. The number of hydrogen-bond acceptors (Lipinski definition) is 2. The number of hydrogen-bond donors (Lipinski definition) is 1. The average Bonchev–Trinajstić information content (AvgIpc) is 2.37. The Morgan fingerprint density at radius 3 is 2.35 bits per heavy atom. The number of ether oxygens (including phenoxy) is 1. The molecule has 0 aromatic rings. The maximum Gasteiger partial charge on any atom is 0.391 e. The summed E-state index contributed by atoms with van der Waals surface area (Å²) in [5.74, 6) is 0.521. The summed E-state index contributed by atoms with van der Waals surface area (Å²) in [5, 5.41) is 3.19. The molecule has 0 aromatic heterocycles. The van der Waals surface area contributed by atoms with Gasteiger partial charge in [0.2, 0.25) is 0 Å². The molecule has 120 valence electrons. The summed E-state index contributed by atoms with van der Waals surface area (Å²) in [7, 11) is 1.86. The van der Waals surface area contributed by atoms with Crippen molar-refractivity contribution in [1.82, 2.24) is 5.32 Å². The Hall–Kier alpha value is -0.290. The van der Waals surface area contributed by atoms with Crippen LogP contribution in [-0.4, -0.2) is 32.0 Å². The van der Waals surface area contributed by atoms with Gasteiger partial charge in [0.1, 0.15) is 0 Å². The van der Waals surface area contributed by atoms with Crippen LogP contribution in [0.1, 0.15) is 52.9 Å². The molecule has 1 N–H and O–H groups in total. The van der Waals surface area contributed by atoms with E-state index < -0.39 is 12.6 Å². The van der Waals surface area contributed by atoms with E-state index in [4.69, 9.17) is 4.74 Å². The summed E-state index contributed by atoms with van der Waals surface area (Å²) in [6.07, 6.45) is -1.08. The van der Waals surface area contributed by atoms with Gasteiger partial charge in [-0.05, 0) is 37.6 Å². The molecule has 0 bridgehead atoms. The lowest BCUT2D eigenvalue weighted by molar-refractivity contribution is -0.153. The fourth-order valence-corrected chi connectivity index (χ4v) is 2.97. The zero-order valence-electron chi connectivity index (χ0n) is 13.0. The van der Waals surface area contributed by atoms with Gasteiger partial charge in [0.05, 0.1) is 19.1 Å². The summed E-state index contributed by atoms with van der Waals surface area (Å²) < 4.78 is 42.2. The quantitative estimate of drug-likeness (QED) is 0.795. The fraction of sp³-hybridized carbons (Fsp3) is 1.00. The van der Waals surface area contributed by atoms with E-state index in [1.54, 1.807) is 0 Å². The van der Waals surface area contributed by atoms with E-state index in [1.165, 1.54) is 0 Å². The van der Waals surface area contributed by atoms with Crippen LogP contribution in [0.3, 0.4) is 0 Å². The van der Waals surface area contributed by atoms with Gasteiger partial charge in [-0.1, -0.05) is 27.2 Å². The highest BCUT2D eigenvalue weighted by Gasteiger charge is 2.37. The van der Waals surface area contributed by atoms with E-state index in [0.717, 1.165) is 25.7 Å². The van der Waals surface area contributed by atoms with Gasteiger partial charge in [0.15, 0.2) is 0 Å². The second-order valence-corrected chi connectivity index (χ2v) is 6.52. The highest BCUT2D eigenvalue weighted by Crippen LogP contribution is 2.41. The Kier molecular flexibility index (Phi) is 6.32. The fourth-order valence-electron chi connectivity index (χ4n) is 2.97. The standard InChI is InChI=1S/C15H28F3NO/c1-5-14(2,3)11-6-7-12(19-4)13(10-11)20-9-8-15(16,17)18/h11-13,19H,5-10H2,1-4H3. The molecule has 1 aliphatic rings. The van der Waals surface area contributed by atoms with E-state index in [9.17, 15) is 13.2 Å². The molecule has 1 fully saturated rings. The normalized spacial score (nSPS) is 28.6. The van der Waals surface area contributed by atoms with Crippen LogP contribution < -0.4 is 5.32 Å². The molecule has 3 unspecified atom stereocenters. The van der Waals surface area contributed by atoms with Gasteiger partial charge in [-0.15, -0.1) is 0 Å². The molecule has 0 spiro atoms. The molecular formula is C15H28F3NO. The van der Waals surface area contributed by atoms with E-state index in [-0.39, 0.29) is 24.2 Å². The predicted octanol–water partition coefficient (Wildman–Crippen LogP) is 4.15. The van der Waals surface area contributed by atoms with Crippen molar-refractivity contribution >= 4 is 0 Å². The van der Waals surface area contributed by atoms with Crippen molar-refractivity contribution < 1.29 is 17.9 Å². The zero-order valence-corrected chi connectivity index (χ0v) is 13.0. The first-order chi connectivity index (χ1) is 9.19. The molecule has 0 aromatic carbocycles. The van der Waals surface area contributed by atoms with Crippen molar-refractivity contribution in [2.45, 2.75) is 71.2 Å². The minimum atomic E-state index is -4.13. The summed E-state index contributed by atoms with van der Waals surface area (Å²) >= 11 is 0. The van der Waals surface area contributed by atoms with Gasteiger partial charge in [0, 0.05) is 6.04 Å². The molecule has 1 aliphatic carbocycles. The highest BCUT2D eigenvalue weighted by atomic mass is 19.4. The molecule has 0 aliphatic heterocycles. The molecule has 1 saturated carbocycles. The van der Waals surface area contributed by atoms with Crippen LogP contribution in [0, 0.1) is 11.3 Å². The monoisotopic (exact) mass is 295 g/mol. The van der Waals surface area contributed by atoms with Gasteiger partial charge in [-0.3, -0.25) is 0 Å². The van der Waals surface area contributed by atoms with Crippen molar-refractivity contribution in [3.05, 3.63) is 0 Å².